The van der Waals surface area contributed by atoms with Crippen LogP contribution >= 0.6 is 35.6 Å². The van der Waals surface area contributed by atoms with Crippen molar-refractivity contribution in [1.82, 2.24) is 9.55 Å². The molecule has 5 nitrogen and oxygen atoms in total. The lowest BCUT2D eigenvalue weighted by atomic mass is 10.1. The summed E-state index contributed by atoms with van der Waals surface area (Å²) in [6, 6.07) is 18.3. The topological polar surface area (TPSA) is 59.0 Å². The van der Waals surface area contributed by atoms with Crippen LogP contribution in [0.5, 0.6) is 0 Å². The fourth-order valence-corrected chi connectivity index (χ4v) is 4.11. The quantitative estimate of drug-likeness (QED) is 0.279. The van der Waals surface area contributed by atoms with Crippen molar-refractivity contribution in [1.29, 1.82) is 0 Å². The molecule has 4 aromatic rings. The van der Waals surface area contributed by atoms with Crippen molar-refractivity contribution in [3.05, 3.63) is 100 Å². The summed E-state index contributed by atoms with van der Waals surface area (Å²) >= 11 is 12.6. The summed E-state index contributed by atoms with van der Waals surface area (Å²) in [4.78, 5) is 16.7. The highest BCUT2D eigenvalue weighted by atomic mass is 35.5. The lowest BCUT2D eigenvalue weighted by molar-refractivity contribution is 0.262. The van der Waals surface area contributed by atoms with Gasteiger partial charge in [0.1, 0.15) is 11.6 Å². The second kappa shape index (κ2) is 11.4. The van der Waals surface area contributed by atoms with Crippen LogP contribution in [0.1, 0.15) is 11.4 Å². The molecule has 0 fully saturated rings. The van der Waals surface area contributed by atoms with E-state index in [1.807, 2.05) is 48.1 Å². The molecular formula is C25H22Cl3FN4O. The van der Waals surface area contributed by atoms with Crippen molar-refractivity contribution in [2.24, 2.45) is 7.05 Å². The van der Waals surface area contributed by atoms with Crippen LogP contribution in [0.4, 0.5) is 20.6 Å². The number of anilines is 2. The number of nitrogens with one attached hydrogen (secondary N) is 2. The molecule has 0 aliphatic rings. The maximum absolute atomic E-state index is 13.7. The van der Waals surface area contributed by atoms with Gasteiger partial charge in [-0.15, -0.1) is 12.4 Å². The number of imidazole rings is 1. The Morgan fingerprint density at radius 3 is 2.29 bits per heavy atom. The zero-order valence-electron chi connectivity index (χ0n) is 18.2. The maximum atomic E-state index is 13.7. The molecule has 0 spiro atoms. The number of hydrogen-bond acceptors (Lipinski definition) is 2. The van der Waals surface area contributed by atoms with Gasteiger partial charge in [-0.3, -0.25) is 0 Å². The Morgan fingerprint density at radius 2 is 1.62 bits per heavy atom. The summed E-state index contributed by atoms with van der Waals surface area (Å²) < 4.78 is 15.7. The predicted molar refractivity (Wildman–Crippen MR) is 139 cm³/mol. The summed E-state index contributed by atoms with van der Waals surface area (Å²) in [6.07, 6.45) is 3.19. The fraction of sp³-hybridized carbons (Fsp3) is 0.120. The zero-order valence-corrected chi connectivity index (χ0v) is 20.5. The molecule has 0 radical (unpaired) electrons. The summed E-state index contributed by atoms with van der Waals surface area (Å²) in [6.45, 7) is 0. The van der Waals surface area contributed by atoms with Crippen molar-refractivity contribution in [3.63, 3.8) is 0 Å². The summed E-state index contributed by atoms with van der Waals surface area (Å²) in [7, 11) is 1.96. The van der Waals surface area contributed by atoms with E-state index in [0.29, 0.717) is 28.6 Å². The summed E-state index contributed by atoms with van der Waals surface area (Å²) in [5.74, 6) is 0.416. The first-order valence-corrected chi connectivity index (χ1v) is 11.0. The number of para-hydroxylation sites is 1. The van der Waals surface area contributed by atoms with E-state index in [1.165, 1.54) is 12.1 Å². The van der Waals surface area contributed by atoms with Crippen molar-refractivity contribution in [2.45, 2.75) is 12.8 Å². The Hall–Kier alpha value is -3.06. The van der Waals surface area contributed by atoms with Gasteiger partial charge in [0.25, 0.3) is 0 Å². The molecule has 176 valence electrons. The Kier molecular flexibility index (Phi) is 8.56. The van der Waals surface area contributed by atoms with Crippen molar-refractivity contribution < 1.29 is 9.18 Å². The Morgan fingerprint density at radius 1 is 0.941 bits per heavy atom. The van der Waals surface area contributed by atoms with E-state index in [4.69, 9.17) is 23.2 Å². The second-order valence-electron chi connectivity index (χ2n) is 7.46. The molecule has 4 rings (SSSR count). The summed E-state index contributed by atoms with van der Waals surface area (Å²) in [5.41, 5.74) is 3.51. The third-order valence-electron chi connectivity index (χ3n) is 5.31. The number of hydrogen-bond donors (Lipinski definition) is 2. The molecule has 3 aromatic carbocycles. The summed E-state index contributed by atoms with van der Waals surface area (Å²) in [5, 5.41) is 6.50. The van der Waals surface area contributed by atoms with Gasteiger partial charge in [-0.1, -0.05) is 53.5 Å². The number of aryl methyl sites for hydroxylation is 1. The molecule has 34 heavy (non-hydrogen) atoms. The molecule has 0 unspecified atom stereocenters. The molecule has 1 heterocycles. The second-order valence-corrected chi connectivity index (χ2v) is 8.27. The Balaban J connectivity index is 0.00000324. The van der Waals surface area contributed by atoms with Crippen LogP contribution in [0, 0.1) is 5.82 Å². The van der Waals surface area contributed by atoms with E-state index in [-0.39, 0.29) is 18.1 Å². The first kappa shape index (κ1) is 25.6. The highest BCUT2D eigenvalue weighted by molar-refractivity contribution is 6.36. The third-order valence-corrected chi connectivity index (χ3v) is 6.01. The first-order valence-electron chi connectivity index (χ1n) is 10.3. The van der Waals surface area contributed by atoms with Gasteiger partial charge in [-0.05, 0) is 53.9 Å². The molecule has 0 aliphatic heterocycles. The highest BCUT2D eigenvalue weighted by Crippen LogP contribution is 2.27. The van der Waals surface area contributed by atoms with E-state index in [9.17, 15) is 9.18 Å². The van der Waals surface area contributed by atoms with Crippen molar-refractivity contribution >= 4 is 53.0 Å². The minimum absolute atomic E-state index is 0. The number of halogens is 4. The van der Waals surface area contributed by atoms with Crippen LogP contribution < -0.4 is 10.6 Å². The van der Waals surface area contributed by atoms with Crippen LogP contribution in [0.2, 0.25) is 10.0 Å². The van der Waals surface area contributed by atoms with E-state index in [1.54, 1.807) is 24.3 Å². The lowest BCUT2D eigenvalue weighted by Gasteiger charge is -2.10. The number of benzene rings is 3. The number of carbonyl (C=O) groups is 1. The number of nitrogens with zero attached hydrogens (tertiary/aromatic N) is 2. The number of rotatable bonds is 6. The van der Waals surface area contributed by atoms with Crippen molar-refractivity contribution in [2.75, 3.05) is 10.6 Å². The zero-order chi connectivity index (χ0) is 23.4. The van der Waals surface area contributed by atoms with Crippen LogP contribution in [0.25, 0.3) is 11.3 Å². The standard InChI is InChI=1S/C25H21Cl2FN4O.ClH/c1-32-23(15-29-24(32)14-13-18-19(26)5-4-6-20(18)27)16-9-11-17(12-10-16)30-25(33)31-22-8-3-2-7-21(22)28;/h2-12,15H,13-14H2,1H3,(H2,30,31,33);1H. The monoisotopic (exact) mass is 518 g/mol. The van der Waals surface area contributed by atoms with Gasteiger partial charge >= 0.3 is 6.03 Å². The van der Waals surface area contributed by atoms with Crippen LogP contribution in [-0.2, 0) is 19.9 Å². The van der Waals surface area contributed by atoms with E-state index >= 15 is 0 Å². The van der Waals surface area contributed by atoms with Crippen LogP contribution in [-0.4, -0.2) is 15.6 Å². The van der Waals surface area contributed by atoms with E-state index in [2.05, 4.69) is 15.6 Å². The van der Waals surface area contributed by atoms with Crippen LogP contribution in [0.3, 0.4) is 0 Å². The molecule has 1 aromatic heterocycles. The lowest BCUT2D eigenvalue weighted by Crippen LogP contribution is -2.20. The largest absolute Gasteiger partial charge is 0.331 e. The molecule has 2 N–H and O–H groups in total. The molecule has 0 atom stereocenters. The molecular weight excluding hydrogens is 498 g/mol. The number of urea groups is 1. The maximum Gasteiger partial charge on any atom is 0.323 e. The van der Waals surface area contributed by atoms with Gasteiger partial charge in [0.2, 0.25) is 0 Å². The molecule has 9 heteroatoms. The average Bonchev–Trinajstić information content (AvgIpc) is 3.16. The number of carbonyl (C=O) groups excluding carboxylic acids is 1. The van der Waals surface area contributed by atoms with Crippen LogP contribution in [0.15, 0.2) is 72.9 Å². The van der Waals surface area contributed by atoms with E-state index in [0.717, 1.165) is 22.6 Å². The molecule has 0 saturated heterocycles. The third kappa shape index (κ3) is 5.89. The minimum Gasteiger partial charge on any atom is -0.331 e. The van der Waals surface area contributed by atoms with Gasteiger partial charge in [0.15, 0.2) is 0 Å². The normalized spacial score (nSPS) is 10.5. The fourth-order valence-electron chi connectivity index (χ4n) is 3.53. The molecule has 2 amide bonds. The van der Waals surface area contributed by atoms with Crippen molar-refractivity contribution in [3.8, 4) is 11.3 Å². The molecule has 0 saturated carbocycles. The number of amides is 2. The van der Waals surface area contributed by atoms with Gasteiger partial charge in [-0.2, -0.15) is 0 Å². The van der Waals surface area contributed by atoms with Gasteiger partial charge in [-0.25, -0.2) is 14.2 Å². The van der Waals surface area contributed by atoms with Gasteiger partial charge < -0.3 is 15.2 Å². The SMILES string of the molecule is Cl.Cn1c(-c2ccc(NC(=O)Nc3ccccc3F)cc2)cnc1CCc1c(Cl)cccc1Cl. The first-order chi connectivity index (χ1) is 15.9. The van der Waals surface area contributed by atoms with E-state index < -0.39 is 11.8 Å². The van der Waals surface area contributed by atoms with Gasteiger partial charge in [0, 0.05) is 29.2 Å². The predicted octanol–water partition coefficient (Wildman–Crippen LogP) is 7.38. The number of aromatic nitrogens is 2. The highest BCUT2D eigenvalue weighted by Gasteiger charge is 2.12. The Labute approximate surface area is 213 Å². The smallest absolute Gasteiger partial charge is 0.323 e. The average molecular weight is 520 g/mol. The van der Waals surface area contributed by atoms with Gasteiger partial charge in [0.05, 0.1) is 17.6 Å². The molecule has 0 bridgehead atoms. The minimum atomic E-state index is -0.520. The Bertz CT molecular complexity index is 1270. The molecule has 0 aliphatic carbocycles.